The summed E-state index contributed by atoms with van der Waals surface area (Å²) in [7, 11) is 3.57. The summed E-state index contributed by atoms with van der Waals surface area (Å²) in [6.45, 7) is 2.08. The molecule has 114 valence electrons. The van der Waals surface area contributed by atoms with Gasteiger partial charge in [0.25, 0.3) is 0 Å². The molecule has 2 aromatic rings. The molecule has 0 spiro atoms. The van der Waals surface area contributed by atoms with Gasteiger partial charge in [0.1, 0.15) is 5.75 Å². The van der Waals surface area contributed by atoms with Crippen LogP contribution in [0.3, 0.4) is 0 Å². The first-order valence-corrected chi connectivity index (χ1v) is 7.55. The predicted molar refractivity (Wildman–Crippen MR) is 84.8 cm³/mol. The third-order valence-electron chi connectivity index (χ3n) is 3.51. The molecule has 3 N–H and O–H groups in total. The monoisotopic (exact) mass is 353 g/mol. The first-order valence-electron chi connectivity index (χ1n) is 6.76. The molecule has 0 saturated heterocycles. The second-order valence-electron chi connectivity index (χ2n) is 4.73. The van der Waals surface area contributed by atoms with Gasteiger partial charge in [0.05, 0.1) is 35.2 Å². The van der Waals surface area contributed by atoms with Crippen LogP contribution in [0.2, 0.25) is 0 Å². The minimum atomic E-state index is -0.0839. The maximum atomic E-state index is 5.74. The molecule has 0 aromatic carbocycles. The Morgan fingerprint density at radius 2 is 2.29 bits per heavy atom. The molecule has 6 nitrogen and oxygen atoms in total. The summed E-state index contributed by atoms with van der Waals surface area (Å²) in [6, 6.07) is 1.83. The minimum absolute atomic E-state index is 0.0839. The quantitative estimate of drug-likeness (QED) is 0.612. The number of pyridine rings is 1. The summed E-state index contributed by atoms with van der Waals surface area (Å²) in [6.07, 6.45) is 5.00. The van der Waals surface area contributed by atoms with Crippen molar-refractivity contribution < 1.29 is 4.74 Å². The Hall–Kier alpha value is -1.44. The van der Waals surface area contributed by atoms with Crippen molar-refractivity contribution in [2.45, 2.75) is 25.8 Å². The molecule has 0 aliphatic carbocycles. The largest absolute Gasteiger partial charge is 0.495 e. The van der Waals surface area contributed by atoms with Crippen LogP contribution in [0, 0.1) is 0 Å². The number of aryl methyl sites for hydroxylation is 2. The van der Waals surface area contributed by atoms with Crippen LogP contribution in [0.5, 0.6) is 5.75 Å². The highest BCUT2D eigenvalue weighted by molar-refractivity contribution is 9.10. The Morgan fingerprint density at radius 1 is 1.52 bits per heavy atom. The molecule has 0 bridgehead atoms. The standard InChI is InChI=1S/C14H20BrN5O/c1-4-10-14(15)12(20(2)19-10)7-11(18-16)9-5-6-17-8-13(9)21-3/h5-6,8,11,18H,4,7,16H2,1-3H3. The van der Waals surface area contributed by atoms with Crippen LogP contribution in [-0.2, 0) is 19.9 Å². The normalized spacial score (nSPS) is 12.4. The number of aromatic nitrogens is 3. The highest BCUT2D eigenvalue weighted by Crippen LogP contribution is 2.29. The van der Waals surface area contributed by atoms with E-state index in [0.29, 0.717) is 6.42 Å². The molecule has 2 rings (SSSR count). The Kier molecular flexibility index (Phi) is 5.33. The van der Waals surface area contributed by atoms with Crippen LogP contribution in [0.25, 0.3) is 0 Å². The summed E-state index contributed by atoms with van der Waals surface area (Å²) in [5.74, 6) is 6.46. The van der Waals surface area contributed by atoms with Crippen LogP contribution in [0.15, 0.2) is 22.9 Å². The lowest BCUT2D eigenvalue weighted by molar-refractivity contribution is 0.396. The van der Waals surface area contributed by atoms with Crippen molar-refractivity contribution in [3.63, 3.8) is 0 Å². The number of hydrogen-bond donors (Lipinski definition) is 2. The number of nitrogens with zero attached hydrogens (tertiary/aromatic N) is 3. The molecular weight excluding hydrogens is 334 g/mol. The van der Waals surface area contributed by atoms with E-state index in [0.717, 1.165) is 33.6 Å². The second-order valence-corrected chi connectivity index (χ2v) is 5.52. The molecule has 2 heterocycles. The van der Waals surface area contributed by atoms with Gasteiger partial charge in [0.15, 0.2) is 0 Å². The topological polar surface area (TPSA) is 78.0 Å². The summed E-state index contributed by atoms with van der Waals surface area (Å²) in [5.41, 5.74) is 5.96. The first-order chi connectivity index (χ1) is 10.1. The van der Waals surface area contributed by atoms with E-state index in [-0.39, 0.29) is 6.04 Å². The molecule has 7 heteroatoms. The number of halogens is 1. The van der Waals surface area contributed by atoms with Crippen molar-refractivity contribution in [3.05, 3.63) is 39.9 Å². The van der Waals surface area contributed by atoms with Gasteiger partial charge < -0.3 is 4.74 Å². The molecule has 0 aliphatic heterocycles. The van der Waals surface area contributed by atoms with Gasteiger partial charge in [-0.3, -0.25) is 20.9 Å². The Balaban J connectivity index is 2.34. The van der Waals surface area contributed by atoms with Gasteiger partial charge in [-0.05, 0) is 28.4 Å². The summed E-state index contributed by atoms with van der Waals surface area (Å²) >= 11 is 3.63. The van der Waals surface area contributed by atoms with Crippen molar-refractivity contribution in [2.24, 2.45) is 12.9 Å². The molecule has 2 aromatic heterocycles. The molecule has 0 radical (unpaired) electrons. The predicted octanol–water partition coefficient (Wildman–Crippen LogP) is 1.90. The average Bonchev–Trinajstić information content (AvgIpc) is 2.79. The van der Waals surface area contributed by atoms with Crippen LogP contribution in [-0.4, -0.2) is 21.9 Å². The van der Waals surface area contributed by atoms with Gasteiger partial charge in [-0.1, -0.05) is 6.92 Å². The van der Waals surface area contributed by atoms with E-state index in [4.69, 9.17) is 10.6 Å². The fourth-order valence-electron chi connectivity index (χ4n) is 2.34. The van der Waals surface area contributed by atoms with Crippen molar-refractivity contribution in [1.82, 2.24) is 20.2 Å². The van der Waals surface area contributed by atoms with E-state index in [1.807, 2.05) is 17.8 Å². The number of nitrogens with one attached hydrogen (secondary N) is 1. The molecule has 0 saturated carbocycles. The summed E-state index contributed by atoms with van der Waals surface area (Å²) < 4.78 is 8.29. The van der Waals surface area contributed by atoms with Crippen LogP contribution < -0.4 is 16.0 Å². The highest BCUT2D eigenvalue weighted by Gasteiger charge is 2.20. The SMILES string of the molecule is CCc1nn(C)c(CC(NN)c2ccncc2OC)c1Br. The zero-order valence-corrected chi connectivity index (χ0v) is 14.0. The molecule has 1 unspecified atom stereocenters. The minimum Gasteiger partial charge on any atom is -0.495 e. The maximum absolute atomic E-state index is 5.74. The van der Waals surface area contributed by atoms with Crippen LogP contribution in [0.4, 0.5) is 0 Å². The number of hydrazine groups is 1. The van der Waals surface area contributed by atoms with E-state index < -0.39 is 0 Å². The molecule has 0 amide bonds. The lowest BCUT2D eigenvalue weighted by Crippen LogP contribution is -2.30. The number of nitrogens with two attached hydrogens (primary N) is 1. The molecule has 0 fully saturated rings. The fourth-order valence-corrected chi connectivity index (χ4v) is 3.12. The zero-order chi connectivity index (χ0) is 15.4. The molecular formula is C14H20BrN5O. The van der Waals surface area contributed by atoms with Crippen molar-refractivity contribution in [1.29, 1.82) is 0 Å². The van der Waals surface area contributed by atoms with E-state index in [1.165, 1.54) is 0 Å². The van der Waals surface area contributed by atoms with Gasteiger partial charge in [0.2, 0.25) is 0 Å². The second kappa shape index (κ2) is 7.02. The Bertz CT molecular complexity index is 613. The van der Waals surface area contributed by atoms with E-state index >= 15 is 0 Å². The van der Waals surface area contributed by atoms with Gasteiger partial charge >= 0.3 is 0 Å². The first kappa shape index (κ1) is 15.9. The van der Waals surface area contributed by atoms with Crippen molar-refractivity contribution >= 4 is 15.9 Å². The average molecular weight is 354 g/mol. The van der Waals surface area contributed by atoms with E-state index in [2.05, 4.69) is 38.4 Å². The molecule has 1 atom stereocenters. The number of ether oxygens (including phenoxy) is 1. The lowest BCUT2D eigenvalue weighted by Gasteiger charge is -2.19. The Morgan fingerprint density at radius 3 is 2.86 bits per heavy atom. The third-order valence-corrected chi connectivity index (χ3v) is 4.43. The number of hydrogen-bond acceptors (Lipinski definition) is 5. The Labute approximate surface area is 132 Å². The third kappa shape index (κ3) is 3.25. The highest BCUT2D eigenvalue weighted by atomic mass is 79.9. The van der Waals surface area contributed by atoms with Crippen molar-refractivity contribution in [2.75, 3.05) is 7.11 Å². The van der Waals surface area contributed by atoms with Gasteiger partial charge in [-0.15, -0.1) is 0 Å². The number of methoxy groups -OCH3 is 1. The summed E-state index contributed by atoms with van der Waals surface area (Å²) in [4.78, 5) is 4.07. The van der Waals surface area contributed by atoms with E-state index in [9.17, 15) is 0 Å². The van der Waals surface area contributed by atoms with Gasteiger partial charge in [-0.2, -0.15) is 5.10 Å². The molecule has 21 heavy (non-hydrogen) atoms. The van der Waals surface area contributed by atoms with Crippen molar-refractivity contribution in [3.8, 4) is 5.75 Å². The smallest absolute Gasteiger partial charge is 0.141 e. The lowest BCUT2D eigenvalue weighted by atomic mass is 10.0. The van der Waals surface area contributed by atoms with Crippen LogP contribution >= 0.6 is 15.9 Å². The summed E-state index contributed by atoms with van der Waals surface area (Å²) in [5, 5.41) is 4.51. The van der Waals surface area contributed by atoms with Gasteiger partial charge in [0, 0.05) is 25.2 Å². The van der Waals surface area contributed by atoms with Crippen LogP contribution in [0.1, 0.15) is 29.9 Å². The number of rotatable bonds is 6. The maximum Gasteiger partial charge on any atom is 0.141 e. The zero-order valence-electron chi connectivity index (χ0n) is 12.4. The fraction of sp³-hybridized carbons (Fsp3) is 0.429. The van der Waals surface area contributed by atoms with Gasteiger partial charge in [-0.25, -0.2) is 0 Å². The molecule has 0 aliphatic rings. The van der Waals surface area contributed by atoms with E-state index in [1.54, 1.807) is 19.5 Å².